The summed E-state index contributed by atoms with van der Waals surface area (Å²) in [6.45, 7) is 2.52. The highest BCUT2D eigenvalue weighted by Gasteiger charge is 2.05. The molecule has 0 bridgehead atoms. The number of halogens is 1. The van der Waals surface area contributed by atoms with Gasteiger partial charge in [0, 0.05) is 22.8 Å². The first kappa shape index (κ1) is 17.0. The molecule has 6 nitrogen and oxygen atoms in total. The van der Waals surface area contributed by atoms with Crippen LogP contribution >= 0.6 is 11.6 Å². The van der Waals surface area contributed by atoms with Crippen LogP contribution in [0.1, 0.15) is 11.1 Å². The third-order valence-electron chi connectivity index (χ3n) is 3.64. The largest absolute Gasteiger partial charge is 0.496 e. The number of nitrogens with zero attached hydrogens (tertiary/aromatic N) is 3. The quantitative estimate of drug-likeness (QED) is 0.690. The maximum Gasteiger partial charge on any atom is 0.249 e. The Hall–Kier alpha value is -2.86. The minimum absolute atomic E-state index is 0.393. The molecule has 0 unspecified atom stereocenters. The number of hydrogen-bond donors (Lipinski definition) is 2. The zero-order valence-electron chi connectivity index (χ0n) is 14.0. The average Bonchev–Trinajstić information content (AvgIpc) is 2.63. The molecule has 128 valence electrons. The summed E-state index contributed by atoms with van der Waals surface area (Å²) in [6, 6.07) is 13.5. The number of aromatic nitrogens is 3. The topological polar surface area (TPSA) is 72.0 Å². The maximum atomic E-state index is 6.14. The molecular formula is C18H18ClN5O. The number of hydrogen-bond acceptors (Lipinski definition) is 6. The number of methoxy groups -OCH3 is 1. The van der Waals surface area contributed by atoms with Crippen molar-refractivity contribution in [1.29, 1.82) is 0 Å². The molecule has 0 aliphatic heterocycles. The fraction of sp³-hybridized carbons (Fsp3) is 0.167. The highest BCUT2D eigenvalue weighted by molar-refractivity contribution is 6.31. The van der Waals surface area contributed by atoms with Gasteiger partial charge in [0.25, 0.3) is 0 Å². The molecule has 0 spiro atoms. The van der Waals surface area contributed by atoms with Gasteiger partial charge in [0.05, 0.1) is 13.3 Å². The first-order valence-electron chi connectivity index (χ1n) is 7.74. The van der Waals surface area contributed by atoms with Crippen LogP contribution in [0.15, 0.2) is 48.7 Å². The van der Waals surface area contributed by atoms with E-state index in [1.54, 1.807) is 13.3 Å². The van der Waals surface area contributed by atoms with Gasteiger partial charge in [-0.25, -0.2) is 0 Å². The fourth-order valence-corrected chi connectivity index (χ4v) is 2.46. The lowest BCUT2D eigenvalue weighted by Gasteiger charge is -2.10. The van der Waals surface area contributed by atoms with Gasteiger partial charge in [-0.05, 0) is 30.7 Å². The van der Waals surface area contributed by atoms with Crippen LogP contribution in [0, 0.1) is 6.92 Å². The van der Waals surface area contributed by atoms with Crippen molar-refractivity contribution in [3.05, 3.63) is 64.8 Å². The second-order valence-electron chi connectivity index (χ2n) is 5.42. The van der Waals surface area contributed by atoms with Crippen LogP contribution in [0.5, 0.6) is 5.75 Å². The summed E-state index contributed by atoms with van der Waals surface area (Å²) in [7, 11) is 1.65. The first-order chi connectivity index (χ1) is 12.2. The van der Waals surface area contributed by atoms with Crippen LogP contribution in [-0.2, 0) is 6.54 Å². The summed E-state index contributed by atoms with van der Waals surface area (Å²) in [5.41, 5.74) is 2.85. The SMILES string of the molecule is COc1ccccc1CNc1cnnc(Nc2ccc(C)c(Cl)c2)n1. The van der Waals surface area contributed by atoms with Crippen LogP contribution in [-0.4, -0.2) is 22.3 Å². The van der Waals surface area contributed by atoms with Gasteiger partial charge in [0.15, 0.2) is 5.82 Å². The van der Waals surface area contributed by atoms with Crippen LogP contribution in [0.4, 0.5) is 17.5 Å². The van der Waals surface area contributed by atoms with Gasteiger partial charge < -0.3 is 15.4 Å². The van der Waals surface area contributed by atoms with Crippen molar-refractivity contribution in [2.45, 2.75) is 13.5 Å². The normalized spacial score (nSPS) is 10.4. The van der Waals surface area contributed by atoms with Crippen molar-refractivity contribution in [2.75, 3.05) is 17.7 Å². The number of aryl methyl sites for hydroxylation is 1. The summed E-state index contributed by atoms with van der Waals surface area (Å²) >= 11 is 6.14. The van der Waals surface area contributed by atoms with Crippen LogP contribution < -0.4 is 15.4 Å². The summed E-state index contributed by atoms with van der Waals surface area (Å²) in [4.78, 5) is 4.41. The van der Waals surface area contributed by atoms with E-state index in [2.05, 4.69) is 25.8 Å². The van der Waals surface area contributed by atoms with E-state index in [9.17, 15) is 0 Å². The molecule has 2 N–H and O–H groups in total. The van der Waals surface area contributed by atoms with Gasteiger partial charge in [-0.1, -0.05) is 35.9 Å². The molecule has 0 aliphatic carbocycles. The van der Waals surface area contributed by atoms with E-state index in [1.165, 1.54) is 0 Å². The molecule has 0 saturated carbocycles. The maximum absolute atomic E-state index is 6.14. The molecule has 2 aromatic carbocycles. The Balaban J connectivity index is 1.70. The lowest BCUT2D eigenvalue weighted by atomic mass is 10.2. The molecule has 0 fully saturated rings. The molecule has 1 aromatic heterocycles. The minimum atomic E-state index is 0.393. The molecule has 1 heterocycles. The van der Waals surface area contributed by atoms with E-state index in [0.29, 0.717) is 23.3 Å². The van der Waals surface area contributed by atoms with Crippen molar-refractivity contribution in [2.24, 2.45) is 0 Å². The van der Waals surface area contributed by atoms with Crippen LogP contribution in [0.3, 0.4) is 0 Å². The van der Waals surface area contributed by atoms with E-state index in [-0.39, 0.29) is 0 Å². The third-order valence-corrected chi connectivity index (χ3v) is 4.05. The zero-order valence-corrected chi connectivity index (χ0v) is 14.7. The second kappa shape index (κ2) is 7.81. The Labute approximate surface area is 151 Å². The molecular weight excluding hydrogens is 338 g/mol. The van der Waals surface area contributed by atoms with Gasteiger partial charge in [-0.3, -0.25) is 0 Å². The Morgan fingerprint density at radius 3 is 2.80 bits per heavy atom. The number of anilines is 3. The smallest absolute Gasteiger partial charge is 0.249 e. The Bertz CT molecular complexity index is 872. The predicted molar refractivity (Wildman–Crippen MR) is 99.6 cm³/mol. The molecule has 3 aromatic rings. The Morgan fingerprint density at radius 1 is 1.16 bits per heavy atom. The molecule has 0 saturated heterocycles. The summed E-state index contributed by atoms with van der Waals surface area (Å²) in [6.07, 6.45) is 1.57. The molecule has 0 amide bonds. The molecule has 0 aliphatic rings. The number of ether oxygens (including phenoxy) is 1. The van der Waals surface area contributed by atoms with Crippen LogP contribution in [0.25, 0.3) is 0 Å². The van der Waals surface area contributed by atoms with Crippen molar-refractivity contribution >= 4 is 29.1 Å². The van der Waals surface area contributed by atoms with Crippen molar-refractivity contribution in [1.82, 2.24) is 15.2 Å². The number of rotatable bonds is 6. The van der Waals surface area contributed by atoms with Gasteiger partial charge in [0.1, 0.15) is 5.75 Å². The summed E-state index contributed by atoms with van der Waals surface area (Å²) < 4.78 is 5.34. The van der Waals surface area contributed by atoms with Crippen LogP contribution in [0.2, 0.25) is 5.02 Å². The molecule has 3 rings (SSSR count). The number of para-hydroxylation sites is 1. The monoisotopic (exact) mass is 355 g/mol. The highest BCUT2D eigenvalue weighted by Crippen LogP contribution is 2.22. The highest BCUT2D eigenvalue weighted by atomic mass is 35.5. The first-order valence-corrected chi connectivity index (χ1v) is 8.12. The van der Waals surface area contributed by atoms with E-state index in [4.69, 9.17) is 16.3 Å². The number of nitrogens with one attached hydrogen (secondary N) is 2. The second-order valence-corrected chi connectivity index (χ2v) is 5.83. The molecule has 7 heteroatoms. The van der Waals surface area contributed by atoms with Gasteiger partial charge >= 0.3 is 0 Å². The Morgan fingerprint density at radius 2 is 2.00 bits per heavy atom. The van der Waals surface area contributed by atoms with Crippen molar-refractivity contribution in [3.63, 3.8) is 0 Å². The number of benzene rings is 2. The standard InChI is InChI=1S/C18H18ClN5O/c1-12-7-8-14(9-15(12)19)22-18-23-17(11-21-24-18)20-10-13-5-3-4-6-16(13)25-2/h3-9,11H,10H2,1-2H3,(H2,20,22,23,24). The van der Waals surface area contributed by atoms with E-state index in [1.807, 2.05) is 49.4 Å². The molecule has 0 radical (unpaired) electrons. The van der Waals surface area contributed by atoms with E-state index in [0.717, 1.165) is 22.6 Å². The average molecular weight is 356 g/mol. The summed E-state index contributed by atoms with van der Waals surface area (Å²) in [5, 5.41) is 15.0. The van der Waals surface area contributed by atoms with Gasteiger partial charge in [-0.15, -0.1) is 5.10 Å². The van der Waals surface area contributed by atoms with E-state index < -0.39 is 0 Å². The van der Waals surface area contributed by atoms with Crippen molar-refractivity contribution < 1.29 is 4.74 Å². The van der Waals surface area contributed by atoms with Gasteiger partial charge in [-0.2, -0.15) is 10.1 Å². The zero-order chi connectivity index (χ0) is 17.6. The minimum Gasteiger partial charge on any atom is -0.496 e. The lowest BCUT2D eigenvalue weighted by Crippen LogP contribution is -2.06. The predicted octanol–water partition coefficient (Wildman–Crippen LogP) is 4.20. The fourth-order valence-electron chi connectivity index (χ4n) is 2.28. The summed E-state index contributed by atoms with van der Waals surface area (Å²) in [5.74, 6) is 1.83. The van der Waals surface area contributed by atoms with Gasteiger partial charge in [0.2, 0.25) is 5.95 Å². The third kappa shape index (κ3) is 4.36. The molecule has 0 atom stereocenters. The van der Waals surface area contributed by atoms with E-state index >= 15 is 0 Å². The van der Waals surface area contributed by atoms with Crippen molar-refractivity contribution in [3.8, 4) is 5.75 Å². The molecule has 25 heavy (non-hydrogen) atoms. The lowest BCUT2D eigenvalue weighted by molar-refractivity contribution is 0.410. The Kier molecular flexibility index (Phi) is 5.30.